The molecule has 4 rings (SSSR count). The van der Waals surface area contributed by atoms with E-state index in [-0.39, 0.29) is 17.9 Å². The summed E-state index contributed by atoms with van der Waals surface area (Å²) in [6, 6.07) is 1.95. The van der Waals surface area contributed by atoms with E-state index in [1.165, 1.54) is 12.8 Å². The summed E-state index contributed by atoms with van der Waals surface area (Å²) < 4.78 is 21.0. The second-order valence-corrected chi connectivity index (χ2v) is 6.89. The van der Waals surface area contributed by atoms with E-state index in [0.29, 0.717) is 38.4 Å². The third-order valence-electron chi connectivity index (χ3n) is 4.96. The average Bonchev–Trinajstić information content (AvgIpc) is 3.24. The summed E-state index contributed by atoms with van der Waals surface area (Å²) in [7, 11) is 0. The molecule has 22 heavy (non-hydrogen) atoms. The Morgan fingerprint density at radius 1 is 1.36 bits per heavy atom. The number of rotatable bonds is 4. The molecule has 3 aliphatic rings. The highest BCUT2D eigenvalue weighted by atomic mass is 19.1. The smallest absolute Gasteiger partial charge is 0.226 e. The maximum atomic E-state index is 13.0. The maximum Gasteiger partial charge on any atom is 0.226 e. The van der Waals surface area contributed by atoms with Gasteiger partial charge in [-0.05, 0) is 37.7 Å². The van der Waals surface area contributed by atoms with Crippen LogP contribution in [0.3, 0.4) is 0 Å². The van der Waals surface area contributed by atoms with Gasteiger partial charge in [0.2, 0.25) is 5.91 Å². The Hall–Kier alpha value is -1.43. The van der Waals surface area contributed by atoms with E-state index in [0.717, 1.165) is 12.3 Å². The van der Waals surface area contributed by atoms with Crippen molar-refractivity contribution in [2.75, 3.05) is 13.2 Å². The number of hydrogen-bond donors (Lipinski definition) is 0. The Balaban J connectivity index is 1.46. The van der Waals surface area contributed by atoms with Crippen LogP contribution in [0.5, 0.6) is 0 Å². The summed E-state index contributed by atoms with van der Waals surface area (Å²) in [5.74, 6) is 0.626. The van der Waals surface area contributed by atoms with Gasteiger partial charge in [-0.15, -0.1) is 0 Å². The van der Waals surface area contributed by atoms with Gasteiger partial charge >= 0.3 is 0 Å². The molecule has 5 nitrogen and oxygen atoms in total. The van der Waals surface area contributed by atoms with Gasteiger partial charge in [0, 0.05) is 25.3 Å². The van der Waals surface area contributed by atoms with Gasteiger partial charge < -0.3 is 9.64 Å². The fraction of sp³-hybridized carbons (Fsp3) is 0.750. The van der Waals surface area contributed by atoms with Crippen molar-refractivity contribution in [3.63, 3.8) is 0 Å². The van der Waals surface area contributed by atoms with Crippen molar-refractivity contribution in [3.8, 4) is 0 Å². The number of alkyl halides is 1. The van der Waals surface area contributed by atoms with Crippen LogP contribution in [0.1, 0.15) is 31.4 Å². The Kier molecular flexibility index (Phi) is 3.64. The molecule has 0 bridgehead atoms. The molecule has 1 amide bonds. The van der Waals surface area contributed by atoms with Crippen molar-refractivity contribution in [1.82, 2.24) is 14.7 Å². The number of ether oxygens (including phenoxy) is 1. The van der Waals surface area contributed by atoms with E-state index in [1.807, 2.05) is 15.6 Å². The topological polar surface area (TPSA) is 47.4 Å². The first kappa shape index (κ1) is 14.2. The number of carbonyl (C=O) groups excluding carboxylic acids is 1. The highest BCUT2D eigenvalue weighted by Crippen LogP contribution is 2.33. The van der Waals surface area contributed by atoms with Crippen molar-refractivity contribution in [2.24, 2.45) is 11.8 Å². The van der Waals surface area contributed by atoms with Gasteiger partial charge in [0.15, 0.2) is 0 Å². The zero-order chi connectivity index (χ0) is 15.1. The molecule has 1 atom stereocenters. The third-order valence-corrected chi connectivity index (χ3v) is 4.96. The summed E-state index contributed by atoms with van der Waals surface area (Å²) in [4.78, 5) is 14.4. The minimum Gasteiger partial charge on any atom is -0.374 e. The molecular formula is C16H22FN3O2. The van der Waals surface area contributed by atoms with Gasteiger partial charge in [-0.2, -0.15) is 5.10 Å². The number of hydrogen-bond acceptors (Lipinski definition) is 3. The van der Waals surface area contributed by atoms with E-state index >= 15 is 0 Å². The van der Waals surface area contributed by atoms with Gasteiger partial charge in [-0.1, -0.05) is 0 Å². The van der Waals surface area contributed by atoms with Gasteiger partial charge in [-0.25, -0.2) is 4.39 Å². The zero-order valence-electron chi connectivity index (χ0n) is 12.7. The van der Waals surface area contributed by atoms with Crippen LogP contribution in [0.2, 0.25) is 0 Å². The van der Waals surface area contributed by atoms with Crippen LogP contribution in [-0.2, 0) is 22.6 Å². The molecule has 0 aromatic carbocycles. The lowest BCUT2D eigenvalue weighted by Gasteiger charge is -2.34. The number of amides is 1. The molecule has 2 fully saturated rings. The summed E-state index contributed by atoms with van der Waals surface area (Å²) >= 11 is 0. The van der Waals surface area contributed by atoms with Gasteiger partial charge in [-0.3, -0.25) is 9.48 Å². The molecule has 1 aromatic heterocycles. The van der Waals surface area contributed by atoms with Crippen LogP contribution in [-0.4, -0.2) is 46.0 Å². The lowest BCUT2D eigenvalue weighted by atomic mass is 9.82. The molecular weight excluding hydrogens is 285 g/mol. The summed E-state index contributed by atoms with van der Waals surface area (Å²) in [6.45, 7) is 2.60. The summed E-state index contributed by atoms with van der Waals surface area (Å²) in [5.41, 5.74) is 1.03. The predicted octanol–water partition coefficient (Wildman–Crippen LogP) is 1.77. The van der Waals surface area contributed by atoms with Crippen molar-refractivity contribution >= 4 is 5.91 Å². The molecule has 6 heteroatoms. The summed E-state index contributed by atoms with van der Waals surface area (Å²) in [6.07, 6.45) is 4.21. The van der Waals surface area contributed by atoms with E-state index in [4.69, 9.17) is 4.74 Å². The molecule has 2 saturated carbocycles. The van der Waals surface area contributed by atoms with Crippen molar-refractivity contribution in [3.05, 3.63) is 18.0 Å². The van der Waals surface area contributed by atoms with E-state index in [1.54, 1.807) is 6.20 Å². The predicted molar refractivity (Wildman–Crippen MR) is 77.7 cm³/mol. The second kappa shape index (κ2) is 5.65. The molecule has 0 radical (unpaired) electrons. The minimum absolute atomic E-state index is 0.0213. The molecule has 0 N–H and O–H groups in total. The quantitative estimate of drug-likeness (QED) is 0.852. The maximum absolute atomic E-state index is 13.0. The normalized spacial score (nSPS) is 31.3. The number of carbonyl (C=O) groups is 1. The van der Waals surface area contributed by atoms with Crippen LogP contribution in [0, 0.1) is 11.8 Å². The zero-order valence-corrected chi connectivity index (χ0v) is 12.7. The fourth-order valence-electron chi connectivity index (χ4n) is 3.25. The second-order valence-electron chi connectivity index (χ2n) is 6.89. The molecule has 120 valence electrons. The standard InChI is InChI=1S/C16H22FN3O2/c17-13-5-12(6-13)16(21)19-7-14-3-4-18-20(14)9-15(8-19)22-10-11-1-2-11/h3-4,11-13,15H,1-2,5-10H2. The lowest BCUT2D eigenvalue weighted by molar-refractivity contribution is -0.143. The molecule has 1 aromatic rings. The van der Waals surface area contributed by atoms with Gasteiger partial charge in [0.05, 0.1) is 24.9 Å². The van der Waals surface area contributed by atoms with E-state index in [2.05, 4.69) is 5.10 Å². The first-order valence-electron chi connectivity index (χ1n) is 8.24. The van der Waals surface area contributed by atoms with Crippen LogP contribution >= 0.6 is 0 Å². The van der Waals surface area contributed by atoms with Gasteiger partial charge in [0.1, 0.15) is 6.17 Å². The number of aromatic nitrogens is 2. The Labute approximate surface area is 129 Å². The van der Waals surface area contributed by atoms with Crippen LogP contribution in [0.15, 0.2) is 12.3 Å². The largest absolute Gasteiger partial charge is 0.374 e. The lowest BCUT2D eigenvalue weighted by Crippen LogP contribution is -2.45. The minimum atomic E-state index is -0.798. The van der Waals surface area contributed by atoms with Crippen molar-refractivity contribution in [1.29, 1.82) is 0 Å². The van der Waals surface area contributed by atoms with E-state index < -0.39 is 6.17 Å². The number of nitrogens with zero attached hydrogens (tertiary/aromatic N) is 3. The Morgan fingerprint density at radius 3 is 2.91 bits per heavy atom. The average molecular weight is 307 g/mol. The van der Waals surface area contributed by atoms with Crippen LogP contribution < -0.4 is 0 Å². The summed E-state index contributed by atoms with van der Waals surface area (Å²) in [5, 5.41) is 4.33. The Bertz CT molecular complexity index is 551. The molecule has 2 heterocycles. The number of fused-ring (bicyclic) bond motifs is 1. The van der Waals surface area contributed by atoms with E-state index in [9.17, 15) is 9.18 Å². The monoisotopic (exact) mass is 307 g/mol. The molecule has 1 aliphatic heterocycles. The van der Waals surface area contributed by atoms with Gasteiger partial charge in [0.25, 0.3) is 0 Å². The highest BCUT2D eigenvalue weighted by molar-refractivity contribution is 5.80. The van der Waals surface area contributed by atoms with Crippen LogP contribution in [0.4, 0.5) is 4.39 Å². The molecule has 2 aliphatic carbocycles. The highest BCUT2D eigenvalue weighted by Gasteiger charge is 2.38. The molecule has 0 saturated heterocycles. The first-order chi connectivity index (χ1) is 10.7. The first-order valence-corrected chi connectivity index (χ1v) is 8.24. The van der Waals surface area contributed by atoms with Crippen molar-refractivity contribution in [2.45, 2.75) is 51.0 Å². The molecule has 0 spiro atoms. The Morgan fingerprint density at radius 2 is 2.18 bits per heavy atom. The SMILES string of the molecule is O=C(C1CC(F)C1)N1Cc2ccnn2CC(OCC2CC2)C1. The number of halogens is 1. The van der Waals surface area contributed by atoms with Crippen molar-refractivity contribution < 1.29 is 13.9 Å². The third kappa shape index (κ3) is 2.89. The molecule has 1 unspecified atom stereocenters. The fourth-order valence-corrected chi connectivity index (χ4v) is 3.25. The van der Waals surface area contributed by atoms with Crippen LogP contribution in [0.25, 0.3) is 0 Å².